The highest BCUT2D eigenvalue weighted by molar-refractivity contribution is 7.09. The predicted octanol–water partition coefficient (Wildman–Crippen LogP) is 4.78. The minimum absolute atomic E-state index is 0.168. The first-order valence-corrected chi connectivity index (χ1v) is 7.87. The van der Waals surface area contributed by atoms with E-state index in [-0.39, 0.29) is 5.41 Å². The quantitative estimate of drug-likeness (QED) is 0.706. The molecule has 1 heterocycles. The summed E-state index contributed by atoms with van der Waals surface area (Å²) in [6, 6.07) is 0. The Bertz CT molecular complexity index is 367. The van der Waals surface area contributed by atoms with Crippen LogP contribution in [0.2, 0.25) is 0 Å². The lowest BCUT2D eigenvalue weighted by Gasteiger charge is -2.26. The fourth-order valence-electron chi connectivity index (χ4n) is 2.37. The highest BCUT2D eigenvalue weighted by Crippen LogP contribution is 2.33. The number of nitrogens with zero attached hydrogens (tertiary/aromatic N) is 1. The Kier molecular flexibility index (Phi) is 4.14. The first-order chi connectivity index (χ1) is 7.97. The minimum atomic E-state index is 0.168. The number of hydrogen-bond acceptors (Lipinski definition) is 2. The second kappa shape index (κ2) is 5.27. The van der Waals surface area contributed by atoms with Crippen LogP contribution in [0.25, 0.3) is 0 Å². The Hall–Kier alpha value is -0.0800. The number of rotatable bonds is 2. The molecule has 0 radical (unpaired) electrons. The van der Waals surface area contributed by atoms with Crippen molar-refractivity contribution in [3.63, 3.8) is 0 Å². The van der Waals surface area contributed by atoms with Crippen LogP contribution in [0.3, 0.4) is 0 Å². The molecule has 2 atom stereocenters. The number of hydrogen-bond donors (Lipinski definition) is 0. The molecular weight excluding hydrogens is 250 g/mol. The standard InChI is InChI=1S/C14H22ClNS/c1-14(2,3)12-9-17-13(16-12)8-10-6-4-5-7-11(10)15/h9-11H,4-8H2,1-3H3. The summed E-state index contributed by atoms with van der Waals surface area (Å²) in [6.07, 6.45) is 6.18. The highest BCUT2D eigenvalue weighted by Gasteiger charge is 2.25. The lowest BCUT2D eigenvalue weighted by atomic mass is 9.86. The second-order valence-corrected chi connectivity index (χ2v) is 7.64. The zero-order valence-electron chi connectivity index (χ0n) is 11.0. The van der Waals surface area contributed by atoms with Gasteiger partial charge in [0, 0.05) is 22.6 Å². The number of aromatic nitrogens is 1. The molecular formula is C14H22ClNS. The van der Waals surface area contributed by atoms with Gasteiger partial charge < -0.3 is 0 Å². The Morgan fingerprint density at radius 2 is 2.06 bits per heavy atom. The van der Waals surface area contributed by atoms with Gasteiger partial charge >= 0.3 is 0 Å². The normalized spacial score (nSPS) is 26.1. The van der Waals surface area contributed by atoms with E-state index in [1.807, 2.05) is 0 Å². The van der Waals surface area contributed by atoms with Gasteiger partial charge in [0.15, 0.2) is 0 Å². The van der Waals surface area contributed by atoms with Gasteiger partial charge in [-0.05, 0) is 18.8 Å². The Morgan fingerprint density at radius 1 is 1.35 bits per heavy atom. The van der Waals surface area contributed by atoms with Gasteiger partial charge in [-0.3, -0.25) is 0 Å². The average molecular weight is 272 g/mol. The van der Waals surface area contributed by atoms with Gasteiger partial charge in [0.05, 0.1) is 10.7 Å². The minimum Gasteiger partial charge on any atom is -0.246 e. The smallest absolute Gasteiger partial charge is 0.0931 e. The van der Waals surface area contributed by atoms with Crippen molar-refractivity contribution in [1.82, 2.24) is 4.98 Å². The third-order valence-electron chi connectivity index (χ3n) is 3.57. The first-order valence-electron chi connectivity index (χ1n) is 6.56. The number of thiazole rings is 1. The van der Waals surface area contributed by atoms with Gasteiger partial charge in [-0.15, -0.1) is 22.9 Å². The van der Waals surface area contributed by atoms with Crippen molar-refractivity contribution in [2.75, 3.05) is 0 Å². The van der Waals surface area contributed by atoms with Gasteiger partial charge in [-0.25, -0.2) is 4.98 Å². The lowest BCUT2D eigenvalue weighted by Crippen LogP contribution is -2.21. The van der Waals surface area contributed by atoms with Gasteiger partial charge in [0.1, 0.15) is 0 Å². The van der Waals surface area contributed by atoms with Gasteiger partial charge in [-0.1, -0.05) is 33.6 Å². The Balaban J connectivity index is 2.01. The summed E-state index contributed by atoms with van der Waals surface area (Å²) in [7, 11) is 0. The molecule has 1 aliphatic carbocycles. The van der Waals surface area contributed by atoms with E-state index in [9.17, 15) is 0 Å². The second-order valence-electron chi connectivity index (χ2n) is 6.14. The van der Waals surface area contributed by atoms with Crippen molar-refractivity contribution in [2.45, 2.75) is 63.7 Å². The van der Waals surface area contributed by atoms with Crippen LogP contribution in [-0.2, 0) is 11.8 Å². The fourth-order valence-corrected chi connectivity index (χ4v) is 3.85. The molecule has 0 amide bonds. The Labute approximate surface area is 114 Å². The number of halogens is 1. The summed E-state index contributed by atoms with van der Waals surface area (Å²) in [4.78, 5) is 4.77. The summed E-state index contributed by atoms with van der Waals surface area (Å²) >= 11 is 8.21. The van der Waals surface area contributed by atoms with E-state index in [0.29, 0.717) is 11.3 Å². The Morgan fingerprint density at radius 3 is 2.65 bits per heavy atom. The van der Waals surface area contributed by atoms with E-state index >= 15 is 0 Å². The van der Waals surface area contributed by atoms with E-state index in [2.05, 4.69) is 26.2 Å². The lowest BCUT2D eigenvalue weighted by molar-refractivity contribution is 0.363. The van der Waals surface area contributed by atoms with E-state index in [1.54, 1.807) is 11.3 Å². The maximum Gasteiger partial charge on any atom is 0.0931 e. The van der Waals surface area contributed by atoms with Crippen molar-refractivity contribution in [3.05, 3.63) is 16.1 Å². The third-order valence-corrected chi connectivity index (χ3v) is 5.02. The molecule has 96 valence electrons. The highest BCUT2D eigenvalue weighted by atomic mass is 35.5. The summed E-state index contributed by atoms with van der Waals surface area (Å²) in [5.74, 6) is 0.643. The molecule has 1 saturated carbocycles. The largest absolute Gasteiger partial charge is 0.246 e. The van der Waals surface area contributed by atoms with Crippen LogP contribution in [0.4, 0.5) is 0 Å². The van der Waals surface area contributed by atoms with E-state index in [4.69, 9.17) is 16.6 Å². The summed E-state index contributed by atoms with van der Waals surface area (Å²) in [5.41, 5.74) is 1.39. The molecule has 17 heavy (non-hydrogen) atoms. The van der Waals surface area contributed by atoms with Crippen molar-refractivity contribution >= 4 is 22.9 Å². The molecule has 1 aliphatic rings. The molecule has 3 heteroatoms. The van der Waals surface area contributed by atoms with E-state index < -0.39 is 0 Å². The van der Waals surface area contributed by atoms with Crippen LogP contribution < -0.4 is 0 Å². The van der Waals surface area contributed by atoms with Crippen LogP contribution in [0, 0.1) is 5.92 Å². The topological polar surface area (TPSA) is 12.9 Å². The molecule has 1 nitrogen and oxygen atoms in total. The molecule has 2 unspecified atom stereocenters. The average Bonchev–Trinajstić information content (AvgIpc) is 2.69. The molecule has 0 bridgehead atoms. The molecule has 0 aromatic carbocycles. The molecule has 0 aliphatic heterocycles. The molecule has 0 saturated heterocycles. The van der Waals surface area contributed by atoms with Crippen LogP contribution in [0.1, 0.15) is 57.2 Å². The SMILES string of the molecule is CC(C)(C)c1csc(CC2CCCCC2Cl)n1. The fraction of sp³-hybridized carbons (Fsp3) is 0.786. The summed E-state index contributed by atoms with van der Waals surface area (Å²) < 4.78 is 0. The van der Waals surface area contributed by atoms with Crippen LogP contribution in [0.5, 0.6) is 0 Å². The van der Waals surface area contributed by atoms with Gasteiger partial charge in [0.2, 0.25) is 0 Å². The summed E-state index contributed by atoms with van der Waals surface area (Å²) in [5, 5.41) is 3.85. The zero-order valence-corrected chi connectivity index (χ0v) is 12.6. The number of alkyl halides is 1. The maximum atomic E-state index is 6.41. The molecule has 0 spiro atoms. The summed E-state index contributed by atoms with van der Waals surface area (Å²) in [6.45, 7) is 6.66. The van der Waals surface area contributed by atoms with Crippen molar-refractivity contribution in [3.8, 4) is 0 Å². The molecule has 2 rings (SSSR count). The van der Waals surface area contributed by atoms with Gasteiger partial charge in [0.25, 0.3) is 0 Å². The monoisotopic (exact) mass is 271 g/mol. The predicted molar refractivity (Wildman–Crippen MR) is 76.1 cm³/mol. The maximum absolute atomic E-state index is 6.41. The van der Waals surface area contributed by atoms with Gasteiger partial charge in [-0.2, -0.15) is 0 Å². The molecule has 1 aromatic rings. The van der Waals surface area contributed by atoms with E-state index in [0.717, 1.165) is 6.42 Å². The third kappa shape index (κ3) is 3.45. The zero-order chi connectivity index (χ0) is 12.5. The molecule has 1 aromatic heterocycles. The molecule has 1 fully saturated rings. The van der Waals surface area contributed by atoms with Crippen molar-refractivity contribution in [2.24, 2.45) is 5.92 Å². The van der Waals surface area contributed by atoms with Crippen molar-refractivity contribution in [1.29, 1.82) is 0 Å². The first kappa shape index (κ1) is 13.4. The van der Waals surface area contributed by atoms with Crippen molar-refractivity contribution < 1.29 is 0 Å². The molecule has 0 N–H and O–H groups in total. The van der Waals surface area contributed by atoms with Crippen LogP contribution in [-0.4, -0.2) is 10.4 Å². The van der Waals surface area contributed by atoms with Crippen LogP contribution in [0.15, 0.2) is 5.38 Å². The van der Waals surface area contributed by atoms with Crippen LogP contribution >= 0.6 is 22.9 Å². The van der Waals surface area contributed by atoms with E-state index in [1.165, 1.54) is 36.4 Å².